The van der Waals surface area contributed by atoms with Gasteiger partial charge >= 0.3 is 0 Å². The van der Waals surface area contributed by atoms with Crippen molar-refractivity contribution >= 4 is 11.3 Å². The highest BCUT2D eigenvalue weighted by atomic mass is 32.1. The third-order valence-electron chi connectivity index (χ3n) is 4.32. The summed E-state index contributed by atoms with van der Waals surface area (Å²) in [5.74, 6) is 0. The van der Waals surface area contributed by atoms with Gasteiger partial charge in [0.2, 0.25) is 0 Å². The molecular weight excluding hydrogens is 254 g/mol. The summed E-state index contributed by atoms with van der Waals surface area (Å²) in [5.41, 5.74) is 0.467. The molecule has 1 saturated heterocycles. The summed E-state index contributed by atoms with van der Waals surface area (Å²) in [6.07, 6.45) is 7.09. The molecule has 2 N–H and O–H groups in total. The van der Waals surface area contributed by atoms with Crippen LogP contribution in [0.5, 0.6) is 0 Å². The molecule has 0 atom stereocenters. The van der Waals surface area contributed by atoms with E-state index in [0.29, 0.717) is 5.41 Å². The van der Waals surface area contributed by atoms with Gasteiger partial charge < -0.3 is 10.6 Å². The van der Waals surface area contributed by atoms with Gasteiger partial charge in [0.15, 0.2) is 0 Å². The first-order valence-corrected chi connectivity index (χ1v) is 8.32. The van der Waals surface area contributed by atoms with Crippen LogP contribution in [0.25, 0.3) is 0 Å². The van der Waals surface area contributed by atoms with Crippen molar-refractivity contribution in [1.82, 2.24) is 15.6 Å². The molecule has 1 aliphatic heterocycles. The topological polar surface area (TPSA) is 37.0 Å². The lowest BCUT2D eigenvalue weighted by Crippen LogP contribution is -2.48. The van der Waals surface area contributed by atoms with Crippen LogP contribution in [0, 0.1) is 5.41 Å². The number of piperidine rings is 1. The van der Waals surface area contributed by atoms with E-state index in [1.165, 1.54) is 43.8 Å². The molecule has 0 unspecified atom stereocenters. The second-order valence-corrected chi connectivity index (χ2v) is 7.21. The van der Waals surface area contributed by atoms with Crippen molar-refractivity contribution in [2.75, 3.05) is 19.6 Å². The predicted octanol–water partition coefficient (Wildman–Crippen LogP) is 3.14. The fourth-order valence-corrected chi connectivity index (χ4v) is 3.76. The summed E-state index contributed by atoms with van der Waals surface area (Å²) in [7, 11) is 0. The summed E-state index contributed by atoms with van der Waals surface area (Å²) >= 11 is 1.74. The molecule has 1 aromatic rings. The Hall–Kier alpha value is -0.450. The van der Waals surface area contributed by atoms with Gasteiger partial charge in [-0.25, -0.2) is 4.98 Å². The van der Waals surface area contributed by atoms with Crippen molar-refractivity contribution in [1.29, 1.82) is 0 Å². The van der Waals surface area contributed by atoms with Gasteiger partial charge in [0.25, 0.3) is 0 Å². The largest absolute Gasteiger partial charge is 0.317 e. The summed E-state index contributed by atoms with van der Waals surface area (Å²) in [4.78, 5) is 4.46. The molecule has 19 heavy (non-hydrogen) atoms. The second kappa shape index (κ2) is 6.33. The van der Waals surface area contributed by atoms with Gasteiger partial charge in [0.1, 0.15) is 5.01 Å². The lowest BCUT2D eigenvalue weighted by molar-refractivity contribution is 0.158. The molecule has 2 rings (SSSR count). The van der Waals surface area contributed by atoms with Gasteiger partial charge in [-0.15, -0.1) is 11.3 Å². The van der Waals surface area contributed by atoms with E-state index in [1.807, 2.05) is 6.20 Å². The number of hydrogen-bond donors (Lipinski definition) is 2. The number of hydrogen-bond acceptors (Lipinski definition) is 4. The summed E-state index contributed by atoms with van der Waals surface area (Å²) < 4.78 is 0. The molecule has 0 amide bonds. The van der Waals surface area contributed by atoms with Crippen molar-refractivity contribution in [3.8, 4) is 0 Å². The van der Waals surface area contributed by atoms with Crippen molar-refractivity contribution in [2.24, 2.45) is 5.41 Å². The van der Waals surface area contributed by atoms with E-state index in [0.717, 1.165) is 6.54 Å². The molecular formula is C15H27N3S. The highest BCUT2D eigenvalue weighted by Gasteiger charge is 2.33. The van der Waals surface area contributed by atoms with Crippen LogP contribution in [0.2, 0.25) is 0 Å². The first-order chi connectivity index (χ1) is 9.08. The molecule has 3 nitrogen and oxygen atoms in total. The Bertz CT molecular complexity index is 361. The van der Waals surface area contributed by atoms with E-state index in [4.69, 9.17) is 0 Å². The van der Waals surface area contributed by atoms with E-state index >= 15 is 0 Å². The number of thiazole rings is 1. The molecule has 0 aromatic carbocycles. The summed E-state index contributed by atoms with van der Waals surface area (Å²) in [5, 5.41) is 10.5. The Labute approximate surface area is 121 Å². The molecule has 4 heteroatoms. The van der Waals surface area contributed by atoms with Crippen LogP contribution in [-0.2, 0) is 5.54 Å². The van der Waals surface area contributed by atoms with E-state index in [2.05, 4.69) is 41.8 Å². The molecule has 0 bridgehead atoms. The minimum absolute atomic E-state index is 0.0141. The number of rotatable bonds is 6. The highest BCUT2D eigenvalue weighted by Crippen LogP contribution is 2.34. The SMILES string of the molecule is CCCC1(CNC(C)(C)c2nccs2)CCNCC1. The molecule has 2 heterocycles. The summed E-state index contributed by atoms with van der Waals surface area (Å²) in [6.45, 7) is 10.2. The first-order valence-electron chi connectivity index (χ1n) is 7.44. The third-order valence-corrected chi connectivity index (χ3v) is 5.41. The van der Waals surface area contributed by atoms with E-state index in [1.54, 1.807) is 11.3 Å². The zero-order valence-corrected chi connectivity index (χ0v) is 13.3. The Kier molecular flexibility index (Phi) is 4.98. The van der Waals surface area contributed by atoms with Crippen LogP contribution < -0.4 is 10.6 Å². The van der Waals surface area contributed by atoms with Gasteiger partial charge in [0, 0.05) is 18.1 Å². The van der Waals surface area contributed by atoms with Crippen LogP contribution in [0.4, 0.5) is 0 Å². The highest BCUT2D eigenvalue weighted by molar-refractivity contribution is 7.09. The third kappa shape index (κ3) is 3.77. The molecule has 0 saturated carbocycles. The molecule has 0 aliphatic carbocycles. The van der Waals surface area contributed by atoms with Gasteiger partial charge in [0.05, 0.1) is 5.54 Å². The zero-order valence-electron chi connectivity index (χ0n) is 12.5. The Morgan fingerprint density at radius 3 is 2.74 bits per heavy atom. The molecule has 1 fully saturated rings. The Morgan fingerprint density at radius 1 is 1.42 bits per heavy atom. The predicted molar refractivity (Wildman–Crippen MR) is 82.6 cm³/mol. The van der Waals surface area contributed by atoms with Crippen LogP contribution in [0.3, 0.4) is 0 Å². The van der Waals surface area contributed by atoms with E-state index in [-0.39, 0.29) is 5.54 Å². The molecule has 0 spiro atoms. The smallest absolute Gasteiger partial charge is 0.112 e. The summed E-state index contributed by atoms with van der Waals surface area (Å²) in [6, 6.07) is 0. The lowest BCUT2D eigenvalue weighted by Gasteiger charge is -2.40. The van der Waals surface area contributed by atoms with E-state index < -0.39 is 0 Å². The minimum atomic E-state index is -0.0141. The van der Waals surface area contributed by atoms with Gasteiger partial charge in [-0.05, 0) is 51.6 Å². The molecule has 0 radical (unpaired) electrons. The Balaban J connectivity index is 1.98. The van der Waals surface area contributed by atoms with Crippen LogP contribution in [-0.4, -0.2) is 24.6 Å². The lowest BCUT2D eigenvalue weighted by atomic mass is 9.75. The molecule has 108 valence electrons. The van der Waals surface area contributed by atoms with Crippen molar-refractivity contribution in [3.63, 3.8) is 0 Å². The Morgan fingerprint density at radius 2 is 2.16 bits per heavy atom. The maximum Gasteiger partial charge on any atom is 0.112 e. The number of aromatic nitrogens is 1. The van der Waals surface area contributed by atoms with Gasteiger partial charge in [-0.3, -0.25) is 0 Å². The molecule has 1 aliphatic rings. The monoisotopic (exact) mass is 281 g/mol. The van der Waals surface area contributed by atoms with Gasteiger partial charge in [-0.2, -0.15) is 0 Å². The zero-order chi connectivity index (χ0) is 13.8. The standard InChI is InChI=1S/C15H27N3S/c1-4-5-15(6-8-16-9-7-15)12-18-14(2,3)13-17-10-11-19-13/h10-11,16,18H,4-9,12H2,1-3H3. The first kappa shape index (κ1) is 14.9. The quantitative estimate of drug-likeness (QED) is 0.841. The normalized spacial score (nSPS) is 19.5. The van der Waals surface area contributed by atoms with Gasteiger partial charge in [-0.1, -0.05) is 13.3 Å². The van der Waals surface area contributed by atoms with Crippen LogP contribution >= 0.6 is 11.3 Å². The fraction of sp³-hybridized carbons (Fsp3) is 0.800. The molecule has 1 aromatic heterocycles. The maximum absolute atomic E-state index is 4.46. The number of nitrogens with zero attached hydrogens (tertiary/aromatic N) is 1. The fourth-order valence-electron chi connectivity index (χ4n) is 3.02. The second-order valence-electron chi connectivity index (χ2n) is 6.32. The van der Waals surface area contributed by atoms with Crippen LogP contribution in [0.1, 0.15) is 51.5 Å². The minimum Gasteiger partial charge on any atom is -0.317 e. The maximum atomic E-state index is 4.46. The van der Waals surface area contributed by atoms with Crippen LogP contribution in [0.15, 0.2) is 11.6 Å². The van der Waals surface area contributed by atoms with E-state index in [9.17, 15) is 0 Å². The van der Waals surface area contributed by atoms with Crippen molar-refractivity contribution in [3.05, 3.63) is 16.6 Å². The average Bonchev–Trinajstić information content (AvgIpc) is 2.93. The number of nitrogens with one attached hydrogen (secondary N) is 2. The average molecular weight is 281 g/mol. The van der Waals surface area contributed by atoms with Crippen molar-refractivity contribution < 1.29 is 0 Å². The van der Waals surface area contributed by atoms with Crippen molar-refractivity contribution in [2.45, 2.75) is 52.0 Å².